The highest BCUT2D eigenvalue weighted by atomic mass is 19.4. The number of hydrogen-bond donors (Lipinski definition) is 1. The third-order valence-electron chi connectivity index (χ3n) is 3.65. The van der Waals surface area contributed by atoms with Gasteiger partial charge in [-0.3, -0.25) is 4.79 Å². The average Bonchev–Trinajstić information content (AvgIpc) is 2.55. The second-order valence-corrected chi connectivity index (χ2v) is 5.31. The van der Waals surface area contributed by atoms with Gasteiger partial charge in [0, 0.05) is 39.0 Å². The number of benzene rings is 1. The number of piperazine rings is 1. The third-order valence-corrected chi connectivity index (χ3v) is 3.65. The van der Waals surface area contributed by atoms with E-state index >= 15 is 0 Å². The number of methoxy groups -OCH3 is 1. The second kappa shape index (κ2) is 7.52. The Morgan fingerprint density at radius 3 is 2.12 bits per heavy atom. The lowest BCUT2D eigenvalue weighted by molar-refractivity contribution is -0.138. The topological polar surface area (TPSA) is 61.9 Å². The van der Waals surface area contributed by atoms with Crippen LogP contribution in [0.1, 0.15) is 5.56 Å². The van der Waals surface area contributed by atoms with Gasteiger partial charge in [-0.15, -0.1) is 0 Å². The lowest BCUT2D eigenvalue weighted by Gasteiger charge is -2.34. The van der Waals surface area contributed by atoms with E-state index in [9.17, 15) is 22.8 Å². The first-order valence-electron chi connectivity index (χ1n) is 7.31. The molecule has 1 aliphatic rings. The Kier molecular flexibility index (Phi) is 5.66. The van der Waals surface area contributed by atoms with Gasteiger partial charge < -0.3 is 19.9 Å². The summed E-state index contributed by atoms with van der Waals surface area (Å²) >= 11 is 0. The molecule has 0 bridgehead atoms. The molecule has 1 fully saturated rings. The monoisotopic (exact) mass is 345 g/mol. The number of halogens is 3. The molecular formula is C15H18F3N3O3. The van der Waals surface area contributed by atoms with Gasteiger partial charge >= 0.3 is 12.2 Å². The molecule has 1 heterocycles. The van der Waals surface area contributed by atoms with Crippen molar-refractivity contribution in [1.29, 1.82) is 0 Å². The summed E-state index contributed by atoms with van der Waals surface area (Å²) in [6.07, 6.45) is -4.41. The van der Waals surface area contributed by atoms with Crippen LogP contribution >= 0.6 is 0 Å². The number of nitrogens with zero attached hydrogens (tertiary/aromatic N) is 2. The van der Waals surface area contributed by atoms with Crippen molar-refractivity contribution < 1.29 is 27.5 Å². The van der Waals surface area contributed by atoms with E-state index in [-0.39, 0.29) is 18.2 Å². The zero-order valence-electron chi connectivity index (χ0n) is 13.1. The molecular weight excluding hydrogens is 327 g/mol. The fourth-order valence-electron chi connectivity index (χ4n) is 2.32. The van der Waals surface area contributed by atoms with E-state index in [2.05, 4.69) is 5.32 Å². The molecule has 132 valence electrons. The Hall–Kier alpha value is -2.29. The first-order valence-corrected chi connectivity index (χ1v) is 7.31. The summed E-state index contributed by atoms with van der Waals surface area (Å²) in [7, 11) is 1.44. The van der Waals surface area contributed by atoms with Gasteiger partial charge in [0.05, 0.1) is 5.56 Å². The average molecular weight is 345 g/mol. The molecule has 1 aromatic rings. The molecule has 1 aliphatic heterocycles. The number of carbonyl (C=O) groups excluding carboxylic acids is 2. The molecule has 2 rings (SSSR count). The van der Waals surface area contributed by atoms with Gasteiger partial charge in [0.15, 0.2) is 0 Å². The van der Waals surface area contributed by atoms with E-state index in [0.29, 0.717) is 26.2 Å². The molecule has 0 aliphatic carbocycles. The first-order chi connectivity index (χ1) is 11.3. The molecule has 1 N–H and O–H groups in total. The number of urea groups is 1. The van der Waals surface area contributed by atoms with E-state index in [4.69, 9.17) is 4.74 Å². The van der Waals surface area contributed by atoms with Crippen molar-refractivity contribution in [3.8, 4) is 0 Å². The number of amides is 3. The number of anilines is 1. The Morgan fingerprint density at radius 1 is 1.08 bits per heavy atom. The molecule has 3 amide bonds. The van der Waals surface area contributed by atoms with Crippen molar-refractivity contribution >= 4 is 17.6 Å². The number of alkyl halides is 3. The maximum absolute atomic E-state index is 12.5. The van der Waals surface area contributed by atoms with Crippen molar-refractivity contribution in [2.24, 2.45) is 0 Å². The fraction of sp³-hybridized carbons (Fsp3) is 0.467. The third kappa shape index (κ3) is 4.60. The zero-order chi connectivity index (χ0) is 17.7. The Labute approximate surface area is 137 Å². The summed E-state index contributed by atoms with van der Waals surface area (Å²) in [5.74, 6) is -0.139. The van der Waals surface area contributed by atoms with Gasteiger partial charge in [0.2, 0.25) is 5.91 Å². The molecule has 0 unspecified atom stereocenters. The second-order valence-electron chi connectivity index (χ2n) is 5.31. The molecule has 0 atom stereocenters. The van der Waals surface area contributed by atoms with E-state index in [0.717, 1.165) is 12.1 Å². The number of hydrogen-bond acceptors (Lipinski definition) is 3. The smallest absolute Gasteiger partial charge is 0.375 e. The van der Waals surface area contributed by atoms with Crippen molar-refractivity contribution in [1.82, 2.24) is 9.80 Å². The molecule has 1 saturated heterocycles. The summed E-state index contributed by atoms with van der Waals surface area (Å²) in [6, 6.07) is 3.83. The first kappa shape index (κ1) is 18.1. The van der Waals surface area contributed by atoms with Crippen LogP contribution in [0.15, 0.2) is 24.3 Å². The van der Waals surface area contributed by atoms with Crippen molar-refractivity contribution in [2.45, 2.75) is 6.18 Å². The standard InChI is InChI=1S/C15H18F3N3O3/c1-24-10-13(22)20-6-8-21(9-7-20)14(23)19-12-4-2-11(3-5-12)15(16,17)18/h2-5H,6-10H2,1H3,(H,19,23). The van der Waals surface area contributed by atoms with Crippen LogP contribution < -0.4 is 5.32 Å². The number of rotatable bonds is 3. The molecule has 0 spiro atoms. The lowest BCUT2D eigenvalue weighted by atomic mass is 10.2. The van der Waals surface area contributed by atoms with Crippen LogP contribution in [0, 0.1) is 0 Å². The molecule has 0 aromatic heterocycles. The maximum Gasteiger partial charge on any atom is 0.416 e. The van der Waals surface area contributed by atoms with Crippen LogP contribution in [0.25, 0.3) is 0 Å². The normalized spacial score (nSPS) is 15.3. The predicted octanol–water partition coefficient (Wildman–Crippen LogP) is 2.03. The van der Waals surface area contributed by atoms with Gasteiger partial charge in [-0.05, 0) is 24.3 Å². The Bertz CT molecular complexity index is 582. The minimum atomic E-state index is -4.41. The van der Waals surface area contributed by atoms with Gasteiger partial charge in [0.25, 0.3) is 0 Å². The van der Waals surface area contributed by atoms with Crippen molar-refractivity contribution in [3.63, 3.8) is 0 Å². The Morgan fingerprint density at radius 2 is 1.62 bits per heavy atom. The highest BCUT2D eigenvalue weighted by molar-refractivity contribution is 5.89. The maximum atomic E-state index is 12.5. The van der Waals surface area contributed by atoms with Crippen LogP contribution in [-0.2, 0) is 15.7 Å². The molecule has 6 nitrogen and oxygen atoms in total. The highest BCUT2D eigenvalue weighted by Crippen LogP contribution is 2.29. The molecule has 24 heavy (non-hydrogen) atoms. The summed E-state index contributed by atoms with van der Waals surface area (Å²) in [6.45, 7) is 1.48. The van der Waals surface area contributed by atoms with E-state index in [1.54, 1.807) is 4.90 Å². The van der Waals surface area contributed by atoms with Crippen LogP contribution in [0.3, 0.4) is 0 Å². The quantitative estimate of drug-likeness (QED) is 0.912. The molecule has 0 radical (unpaired) electrons. The fourth-order valence-corrected chi connectivity index (χ4v) is 2.32. The minimum Gasteiger partial charge on any atom is -0.375 e. The summed E-state index contributed by atoms with van der Waals surface area (Å²) in [4.78, 5) is 26.9. The van der Waals surface area contributed by atoms with Crippen LogP contribution in [0.4, 0.5) is 23.7 Å². The van der Waals surface area contributed by atoms with Gasteiger partial charge in [-0.1, -0.05) is 0 Å². The lowest BCUT2D eigenvalue weighted by Crippen LogP contribution is -2.52. The largest absolute Gasteiger partial charge is 0.416 e. The predicted molar refractivity (Wildman–Crippen MR) is 80.5 cm³/mol. The van der Waals surface area contributed by atoms with Gasteiger partial charge in [-0.25, -0.2) is 4.79 Å². The molecule has 9 heteroatoms. The van der Waals surface area contributed by atoms with Gasteiger partial charge in [-0.2, -0.15) is 13.2 Å². The van der Waals surface area contributed by atoms with Crippen molar-refractivity contribution in [3.05, 3.63) is 29.8 Å². The SMILES string of the molecule is COCC(=O)N1CCN(C(=O)Nc2ccc(C(F)(F)F)cc2)CC1. The summed E-state index contributed by atoms with van der Waals surface area (Å²) < 4.78 is 42.3. The van der Waals surface area contributed by atoms with E-state index in [1.807, 2.05) is 0 Å². The van der Waals surface area contributed by atoms with E-state index in [1.165, 1.54) is 24.1 Å². The van der Waals surface area contributed by atoms with Crippen LogP contribution in [-0.4, -0.2) is 61.6 Å². The molecule has 0 saturated carbocycles. The van der Waals surface area contributed by atoms with Crippen LogP contribution in [0.2, 0.25) is 0 Å². The number of carbonyl (C=O) groups is 2. The summed E-state index contributed by atoms with van der Waals surface area (Å²) in [5, 5.41) is 2.55. The molecule has 1 aromatic carbocycles. The van der Waals surface area contributed by atoms with Crippen LogP contribution in [0.5, 0.6) is 0 Å². The number of nitrogens with one attached hydrogen (secondary N) is 1. The Balaban J connectivity index is 1.86. The minimum absolute atomic E-state index is 0.00223. The van der Waals surface area contributed by atoms with E-state index < -0.39 is 17.8 Å². The number of ether oxygens (including phenoxy) is 1. The summed E-state index contributed by atoms with van der Waals surface area (Å²) in [5.41, 5.74) is -0.489. The highest BCUT2D eigenvalue weighted by Gasteiger charge is 2.30. The van der Waals surface area contributed by atoms with Gasteiger partial charge in [0.1, 0.15) is 6.61 Å². The zero-order valence-corrected chi connectivity index (χ0v) is 13.1. The van der Waals surface area contributed by atoms with Crippen molar-refractivity contribution in [2.75, 3.05) is 45.2 Å².